The van der Waals surface area contributed by atoms with Crippen LogP contribution in [0.15, 0.2) is 0 Å². The van der Waals surface area contributed by atoms with Crippen molar-refractivity contribution in [2.24, 2.45) is 0 Å². The van der Waals surface area contributed by atoms with Crippen molar-refractivity contribution < 1.29 is 24.6 Å². The Balaban J connectivity index is 3.92. The van der Waals surface area contributed by atoms with Crippen molar-refractivity contribution in [3.8, 4) is 0 Å². The molecule has 0 aliphatic carbocycles. The summed E-state index contributed by atoms with van der Waals surface area (Å²) in [5, 5.41) is 24.4. The quantitative estimate of drug-likeness (QED) is 0.426. The van der Waals surface area contributed by atoms with Gasteiger partial charge in [0.05, 0.1) is 6.61 Å². The van der Waals surface area contributed by atoms with E-state index < -0.39 is 24.6 Å². The van der Waals surface area contributed by atoms with E-state index in [9.17, 15) is 14.4 Å². The molecule has 0 aromatic heterocycles. The van der Waals surface area contributed by atoms with Crippen molar-refractivity contribution in [1.82, 2.24) is 16.0 Å². The van der Waals surface area contributed by atoms with E-state index in [0.717, 1.165) is 0 Å². The molecule has 19 heavy (non-hydrogen) atoms. The van der Waals surface area contributed by atoms with Gasteiger partial charge < -0.3 is 26.2 Å². The number of amides is 3. The summed E-state index contributed by atoms with van der Waals surface area (Å²) in [6.45, 7) is 4.88. The SMILES string of the molecule is CC(C)(C)NC(=O)CCNC(=O)NC(CO)C(=O)O. The minimum absolute atomic E-state index is 0.0749. The number of urea groups is 1. The molecule has 0 saturated carbocycles. The Morgan fingerprint density at radius 3 is 2.21 bits per heavy atom. The van der Waals surface area contributed by atoms with Crippen molar-refractivity contribution in [2.45, 2.75) is 38.8 Å². The van der Waals surface area contributed by atoms with Gasteiger partial charge in [0, 0.05) is 18.5 Å². The molecular weight excluding hydrogens is 254 g/mol. The maximum Gasteiger partial charge on any atom is 0.328 e. The zero-order chi connectivity index (χ0) is 15.1. The highest BCUT2D eigenvalue weighted by Crippen LogP contribution is 1.98. The van der Waals surface area contributed by atoms with Crippen LogP contribution < -0.4 is 16.0 Å². The second-order valence-corrected chi connectivity index (χ2v) is 5.02. The zero-order valence-corrected chi connectivity index (χ0v) is 11.3. The summed E-state index contributed by atoms with van der Waals surface area (Å²) < 4.78 is 0. The van der Waals surface area contributed by atoms with E-state index in [4.69, 9.17) is 10.2 Å². The molecule has 0 bridgehead atoms. The fourth-order valence-corrected chi connectivity index (χ4v) is 1.17. The molecule has 0 aromatic carbocycles. The van der Waals surface area contributed by atoms with E-state index in [1.54, 1.807) is 0 Å². The summed E-state index contributed by atoms with van der Waals surface area (Å²) in [5.74, 6) is -1.55. The van der Waals surface area contributed by atoms with Crippen molar-refractivity contribution in [2.75, 3.05) is 13.2 Å². The highest BCUT2D eigenvalue weighted by molar-refractivity contribution is 5.83. The van der Waals surface area contributed by atoms with Crippen LogP contribution in [-0.2, 0) is 9.59 Å². The number of nitrogens with one attached hydrogen (secondary N) is 3. The lowest BCUT2D eigenvalue weighted by atomic mass is 10.1. The third kappa shape index (κ3) is 8.83. The Hall–Kier alpha value is -1.83. The first-order chi connectivity index (χ1) is 8.65. The van der Waals surface area contributed by atoms with E-state index in [2.05, 4.69) is 16.0 Å². The smallest absolute Gasteiger partial charge is 0.328 e. The number of hydrogen-bond donors (Lipinski definition) is 5. The normalized spacial score (nSPS) is 12.4. The van der Waals surface area contributed by atoms with Crippen LogP contribution in [0.1, 0.15) is 27.2 Å². The number of hydrogen-bond acceptors (Lipinski definition) is 4. The van der Waals surface area contributed by atoms with Crippen LogP contribution in [-0.4, -0.2) is 52.9 Å². The largest absolute Gasteiger partial charge is 0.480 e. The van der Waals surface area contributed by atoms with Gasteiger partial charge in [0.25, 0.3) is 0 Å². The molecule has 0 aliphatic heterocycles. The third-order valence-electron chi connectivity index (χ3n) is 1.94. The number of carboxylic acids is 1. The molecule has 0 saturated heterocycles. The van der Waals surface area contributed by atoms with E-state index in [-0.39, 0.29) is 24.4 Å². The average Bonchev–Trinajstić information content (AvgIpc) is 2.22. The van der Waals surface area contributed by atoms with Crippen molar-refractivity contribution >= 4 is 17.9 Å². The number of aliphatic hydroxyl groups is 1. The Morgan fingerprint density at radius 1 is 1.21 bits per heavy atom. The predicted molar refractivity (Wildman–Crippen MR) is 67.6 cm³/mol. The van der Waals surface area contributed by atoms with Gasteiger partial charge in [-0.2, -0.15) is 0 Å². The van der Waals surface area contributed by atoms with Crippen molar-refractivity contribution in [3.05, 3.63) is 0 Å². The summed E-state index contributed by atoms with van der Waals surface area (Å²) in [6.07, 6.45) is 0.0849. The van der Waals surface area contributed by atoms with Gasteiger partial charge in [0.2, 0.25) is 5.91 Å². The maximum atomic E-state index is 11.4. The molecule has 5 N–H and O–H groups in total. The molecule has 0 fully saturated rings. The number of carboxylic acid groups (broad SMARTS) is 1. The molecular formula is C11H21N3O5. The highest BCUT2D eigenvalue weighted by Gasteiger charge is 2.18. The van der Waals surface area contributed by atoms with Crippen molar-refractivity contribution in [1.29, 1.82) is 0 Å². The molecule has 0 heterocycles. The van der Waals surface area contributed by atoms with Gasteiger partial charge >= 0.3 is 12.0 Å². The molecule has 110 valence electrons. The Kier molecular flexibility index (Phi) is 6.84. The number of aliphatic carboxylic acids is 1. The minimum Gasteiger partial charge on any atom is -0.480 e. The lowest BCUT2D eigenvalue weighted by molar-refractivity contribution is -0.140. The molecule has 1 unspecified atom stereocenters. The van der Waals surface area contributed by atoms with Gasteiger partial charge in [-0.25, -0.2) is 9.59 Å². The van der Waals surface area contributed by atoms with Gasteiger partial charge in [0.15, 0.2) is 6.04 Å². The second kappa shape index (κ2) is 7.57. The summed E-state index contributed by atoms with van der Waals surface area (Å²) in [6, 6.07) is -2.10. The minimum atomic E-state index is -1.36. The first-order valence-electron chi connectivity index (χ1n) is 5.84. The van der Waals surface area contributed by atoms with Crippen LogP contribution in [0.3, 0.4) is 0 Å². The van der Waals surface area contributed by atoms with Gasteiger partial charge in [-0.1, -0.05) is 0 Å². The monoisotopic (exact) mass is 275 g/mol. The van der Waals surface area contributed by atoms with Crippen LogP contribution in [0.25, 0.3) is 0 Å². The Labute approximate surface area is 111 Å². The van der Waals surface area contributed by atoms with Crippen LogP contribution in [0.5, 0.6) is 0 Å². The van der Waals surface area contributed by atoms with E-state index in [1.807, 2.05) is 20.8 Å². The lowest BCUT2D eigenvalue weighted by Gasteiger charge is -2.20. The summed E-state index contributed by atoms with van der Waals surface area (Å²) in [4.78, 5) is 33.2. The summed E-state index contributed by atoms with van der Waals surface area (Å²) >= 11 is 0. The van der Waals surface area contributed by atoms with Crippen LogP contribution >= 0.6 is 0 Å². The van der Waals surface area contributed by atoms with Gasteiger partial charge in [-0.3, -0.25) is 4.79 Å². The van der Waals surface area contributed by atoms with E-state index >= 15 is 0 Å². The van der Waals surface area contributed by atoms with Gasteiger partial charge in [-0.05, 0) is 20.8 Å². The highest BCUT2D eigenvalue weighted by atomic mass is 16.4. The molecule has 0 aliphatic rings. The van der Waals surface area contributed by atoms with Crippen LogP contribution in [0, 0.1) is 0 Å². The van der Waals surface area contributed by atoms with Gasteiger partial charge in [-0.15, -0.1) is 0 Å². The second-order valence-electron chi connectivity index (χ2n) is 5.02. The number of rotatable bonds is 6. The molecule has 0 aromatic rings. The first-order valence-corrected chi connectivity index (χ1v) is 5.84. The maximum absolute atomic E-state index is 11.4. The fraction of sp³-hybridized carbons (Fsp3) is 0.727. The van der Waals surface area contributed by atoms with Crippen LogP contribution in [0.2, 0.25) is 0 Å². The molecule has 1 atom stereocenters. The van der Waals surface area contributed by atoms with E-state index in [1.165, 1.54) is 0 Å². The standard InChI is InChI=1S/C11H21N3O5/c1-11(2,3)14-8(16)4-5-12-10(19)13-7(6-15)9(17)18/h7,15H,4-6H2,1-3H3,(H,14,16)(H,17,18)(H2,12,13,19). The zero-order valence-electron chi connectivity index (χ0n) is 11.3. The molecule has 8 nitrogen and oxygen atoms in total. The Bertz CT molecular complexity index is 338. The molecule has 0 radical (unpaired) electrons. The molecule has 3 amide bonds. The Morgan fingerprint density at radius 2 is 1.79 bits per heavy atom. The van der Waals surface area contributed by atoms with E-state index in [0.29, 0.717) is 0 Å². The molecule has 0 rings (SSSR count). The number of aliphatic hydroxyl groups excluding tert-OH is 1. The molecule has 0 spiro atoms. The number of carbonyl (C=O) groups excluding carboxylic acids is 2. The lowest BCUT2D eigenvalue weighted by Crippen LogP contribution is -2.48. The van der Waals surface area contributed by atoms with Gasteiger partial charge in [0.1, 0.15) is 0 Å². The summed E-state index contributed by atoms with van der Waals surface area (Å²) in [7, 11) is 0. The average molecular weight is 275 g/mol. The predicted octanol–water partition coefficient (Wildman–Crippen LogP) is -0.964. The fourth-order valence-electron chi connectivity index (χ4n) is 1.17. The third-order valence-corrected chi connectivity index (χ3v) is 1.94. The molecule has 8 heteroatoms. The van der Waals surface area contributed by atoms with Crippen molar-refractivity contribution in [3.63, 3.8) is 0 Å². The first kappa shape index (κ1) is 17.2. The summed E-state index contributed by atoms with van der Waals surface area (Å²) in [5.41, 5.74) is -0.343. The topological polar surface area (TPSA) is 128 Å². The van der Waals surface area contributed by atoms with Crippen LogP contribution in [0.4, 0.5) is 4.79 Å². The number of carbonyl (C=O) groups is 3.